The first kappa shape index (κ1) is 21.0. The number of carbonyl (C=O) groups excluding carboxylic acids is 2. The number of urea groups is 1. The van der Waals surface area contributed by atoms with Crippen LogP contribution >= 0.6 is 0 Å². The molecule has 4 N–H and O–H groups in total. The number of nitrogens with zero attached hydrogens (tertiary/aromatic N) is 2. The Morgan fingerprint density at radius 3 is 2.34 bits per heavy atom. The molecule has 164 valence electrons. The summed E-state index contributed by atoms with van der Waals surface area (Å²) in [6.07, 6.45) is 1.29. The first-order valence-corrected chi connectivity index (χ1v) is 9.47. The molecule has 9 nitrogen and oxygen atoms in total. The zero-order valence-corrected chi connectivity index (χ0v) is 17.0. The maximum atomic E-state index is 13.3. The number of nitrogens with one attached hydrogen (secondary N) is 4. The lowest BCUT2D eigenvalue weighted by molar-refractivity contribution is -0.129. The molecule has 0 saturated carbocycles. The molecule has 2 aromatic carbocycles. The van der Waals surface area contributed by atoms with Crippen LogP contribution in [-0.4, -0.2) is 27.5 Å². The molecular weight excluding hydrogens is 422 g/mol. The van der Waals surface area contributed by atoms with Gasteiger partial charge in [-0.05, 0) is 50.2 Å². The fourth-order valence-corrected chi connectivity index (χ4v) is 2.85. The van der Waals surface area contributed by atoms with E-state index >= 15 is 0 Å². The molecule has 0 fully saturated rings. The van der Waals surface area contributed by atoms with Gasteiger partial charge in [-0.1, -0.05) is 0 Å². The highest BCUT2D eigenvalue weighted by molar-refractivity contribution is 6.01. The molecule has 0 atom stereocenters. The second kappa shape index (κ2) is 8.10. The van der Waals surface area contributed by atoms with Crippen molar-refractivity contribution in [2.24, 2.45) is 0 Å². The topological polar surface area (TPSA) is 117 Å². The Bertz CT molecular complexity index is 1200. The van der Waals surface area contributed by atoms with Gasteiger partial charge < -0.3 is 26.0 Å². The maximum absolute atomic E-state index is 13.3. The summed E-state index contributed by atoms with van der Waals surface area (Å²) in [6.45, 7) is 3.27. The van der Waals surface area contributed by atoms with Crippen LogP contribution in [0.4, 0.5) is 42.3 Å². The second-order valence-electron chi connectivity index (χ2n) is 7.38. The summed E-state index contributed by atoms with van der Waals surface area (Å²) in [7, 11) is 0. The lowest BCUT2D eigenvalue weighted by Gasteiger charge is -2.31. The number of ether oxygens (including phenoxy) is 1. The molecular formula is C21H18F2N6O3. The van der Waals surface area contributed by atoms with E-state index in [9.17, 15) is 18.4 Å². The van der Waals surface area contributed by atoms with Crippen LogP contribution in [0.25, 0.3) is 0 Å². The predicted molar refractivity (Wildman–Crippen MR) is 114 cm³/mol. The zero-order valence-electron chi connectivity index (χ0n) is 17.0. The molecule has 0 bridgehead atoms. The minimum atomic E-state index is -1.08. The van der Waals surface area contributed by atoms with Gasteiger partial charge in [-0.25, -0.2) is 23.5 Å². The Hall–Kier alpha value is -4.28. The van der Waals surface area contributed by atoms with Gasteiger partial charge in [0.05, 0.1) is 0 Å². The van der Waals surface area contributed by atoms with Crippen molar-refractivity contribution in [2.75, 3.05) is 21.3 Å². The van der Waals surface area contributed by atoms with Gasteiger partial charge in [0.25, 0.3) is 5.91 Å². The molecule has 4 rings (SSSR count). The van der Waals surface area contributed by atoms with Crippen LogP contribution in [0.15, 0.2) is 48.8 Å². The van der Waals surface area contributed by atoms with Crippen molar-refractivity contribution in [3.05, 3.63) is 60.4 Å². The van der Waals surface area contributed by atoms with Crippen LogP contribution in [-0.2, 0) is 4.79 Å². The van der Waals surface area contributed by atoms with Gasteiger partial charge in [-0.15, -0.1) is 0 Å². The lowest BCUT2D eigenvalue weighted by atomic mass is 10.1. The third-order valence-corrected chi connectivity index (χ3v) is 4.52. The summed E-state index contributed by atoms with van der Waals surface area (Å²) in [5.74, 6) is -1.44. The van der Waals surface area contributed by atoms with Crippen molar-refractivity contribution in [1.29, 1.82) is 0 Å². The molecule has 0 unspecified atom stereocenters. The number of hydrogen-bond acceptors (Lipinski definition) is 6. The number of carbonyl (C=O) groups is 2. The highest BCUT2D eigenvalue weighted by Crippen LogP contribution is 2.38. The Kier molecular flexibility index (Phi) is 5.31. The van der Waals surface area contributed by atoms with E-state index in [0.29, 0.717) is 22.9 Å². The quantitative estimate of drug-likeness (QED) is 0.482. The third-order valence-electron chi connectivity index (χ3n) is 4.52. The minimum Gasteiger partial charge on any atom is -0.470 e. The normalized spacial score (nSPS) is 13.9. The number of amides is 3. The Labute approximate surface area is 181 Å². The van der Waals surface area contributed by atoms with E-state index in [4.69, 9.17) is 4.74 Å². The van der Waals surface area contributed by atoms with Crippen molar-refractivity contribution in [1.82, 2.24) is 9.97 Å². The molecule has 2 heterocycles. The van der Waals surface area contributed by atoms with Crippen LogP contribution in [0.3, 0.4) is 0 Å². The summed E-state index contributed by atoms with van der Waals surface area (Å²) in [6, 6.07) is 9.08. The van der Waals surface area contributed by atoms with Gasteiger partial charge in [0.15, 0.2) is 28.9 Å². The number of anilines is 5. The van der Waals surface area contributed by atoms with Crippen molar-refractivity contribution < 1.29 is 23.1 Å². The van der Waals surface area contributed by atoms with Crippen LogP contribution < -0.4 is 26.0 Å². The average Bonchev–Trinajstić information content (AvgIpc) is 2.73. The van der Waals surface area contributed by atoms with Crippen molar-refractivity contribution in [3.8, 4) is 5.75 Å². The van der Waals surface area contributed by atoms with Crippen LogP contribution in [0.5, 0.6) is 5.75 Å². The molecule has 1 aliphatic rings. The Balaban J connectivity index is 1.43. The lowest BCUT2D eigenvalue weighted by Crippen LogP contribution is -2.46. The number of rotatable bonds is 4. The van der Waals surface area contributed by atoms with Crippen LogP contribution in [0.2, 0.25) is 0 Å². The molecule has 0 radical (unpaired) electrons. The molecule has 0 aliphatic carbocycles. The molecule has 1 aromatic heterocycles. The number of halogens is 2. The third kappa shape index (κ3) is 4.41. The summed E-state index contributed by atoms with van der Waals surface area (Å²) >= 11 is 0. The number of aromatic nitrogens is 2. The first-order chi connectivity index (χ1) is 15.2. The number of fused-ring (bicyclic) bond motifs is 1. The van der Waals surface area contributed by atoms with Gasteiger partial charge in [0, 0.05) is 23.1 Å². The van der Waals surface area contributed by atoms with Crippen molar-refractivity contribution in [2.45, 2.75) is 19.4 Å². The van der Waals surface area contributed by atoms with E-state index in [1.54, 1.807) is 38.1 Å². The van der Waals surface area contributed by atoms with E-state index < -0.39 is 23.3 Å². The highest BCUT2D eigenvalue weighted by Gasteiger charge is 2.37. The average molecular weight is 440 g/mol. The van der Waals surface area contributed by atoms with Crippen LogP contribution in [0.1, 0.15) is 13.8 Å². The maximum Gasteiger partial charge on any atom is 0.323 e. The van der Waals surface area contributed by atoms with E-state index in [1.165, 1.54) is 12.4 Å². The van der Waals surface area contributed by atoms with E-state index in [0.717, 1.165) is 12.1 Å². The molecule has 1 aliphatic heterocycles. The molecule has 3 amide bonds. The molecule has 0 saturated heterocycles. The summed E-state index contributed by atoms with van der Waals surface area (Å²) in [4.78, 5) is 32.3. The molecule has 32 heavy (non-hydrogen) atoms. The second-order valence-corrected chi connectivity index (χ2v) is 7.38. The van der Waals surface area contributed by atoms with Gasteiger partial charge in [-0.2, -0.15) is 0 Å². The number of benzene rings is 2. The predicted octanol–water partition coefficient (Wildman–Crippen LogP) is 4.25. The summed E-state index contributed by atoms with van der Waals surface area (Å²) in [5, 5.41) is 10.8. The van der Waals surface area contributed by atoms with E-state index in [1.807, 2.05) is 0 Å². The monoisotopic (exact) mass is 440 g/mol. The van der Waals surface area contributed by atoms with Crippen LogP contribution in [0, 0.1) is 11.6 Å². The zero-order chi connectivity index (χ0) is 22.9. The van der Waals surface area contributed by atoms with E-state index in [2.05, 4.69) is 31.2 Å². The fraction of sp³-hybridized carbons (Fsp3) is 0.143. The molecule has 11 heteroatoms. The smallest absolute Gasteiger partial charge is 0.323 e. The van der Waals surface area contributed by atoms with Gasteiger partial charge >= 0.3 is 6.03 Å². The van der Waals surface area contributed by atoms with Crippen molar-refractivity contribution in [3.63, 3.8) is 0 Å². The minimum absolute atomic E-state index is 0.114. The van der Waals surface area contributed by atoms with Gasteiger partial charge in [0.1, 0.15) is 6.33 Å². The van der Waals surface area contributed by atoms with Gasteiger partial charge in [-0.3, -0.25) is 4.79 Å². The molecule has 0 spiro atoms. The highest BCUT2D eigenvalue weighted by atomic mass is 19.2. The molecule has 3 aromatic rings. The Morgan fingerprint density at radius 1 is 0.969 bits per heavy atom. The number of hydrogen-bond donors (Lipinski definition) is 4. The Morgan fingerprint density at radius 2 is 1.62 bits per heavy atom. The van der Waals surface area contributed by atoms with Crippen molar-refractivity contribution >= 4 is 40.6 Å². The standard InChI is InChI=1S/C21H18F2N6O3/c1-21(2)19(30)29-18-16(32-21)17(24-10-25-18)26-11-3-5-12(6-4-11)27-20(31)28-13-7-8-14(22)15(23)9-13/h3-10H,1-2H3,(H2,27,28,31)(H2,24,25,26,29,30). The summed E-state index contributed by atoms with van der Waals surface area (Å²) in [5.41, 5.74) is 0.131. The summed E-state index contributed by atoms with van der Waals surface area (Å²) < 4.78 is 32.0. The SMILES string of the molecule is CC1(C)Oc2c(ncnc2Nc2ccc(NC(=O)Nc3ccc(F)c(F)c3)cc2)NC1=O. The van der Waals surface area contributed by atoms with E-state index in [-0.39, 0.29) is 17.4 Å². The fourth-order valence-electron chi connectivity index (χ4n) is 2.85. The first-order valence-electron chi connectivity index (χ1n) is 9.47. The van der Waals surface area contributed by atoms with Gasteiger partial charge in [0.2, 0.25) is 5.75 Å². The largest absolute Gasteiger partial charge is 0.470 e.